The molecule has 146 valence electrons. The van der Waals surface area contributed by atoms with Crippen molar-refractivity contribution in [3.63, 3.8) is 0 Å². The summed E-state index contributed by atoms with van der Waals surface area (Å²) < 4.78 is 71.3. The lowest BCUT2D eigenvalue weighted by Gasteiger charge is -2.04. The first kappa shape index (κ1) is 19.5. The highest BCUT2D eigenvalue weighted by atomic mass is 32.2. The fourth-order valence-corrected chi connectivity index (χ4v) is 3.27. The van der Waals surface area contributed by atoms with Gasteiger partial charge in [0.2, 0.25) is 11.6 Å². The highest BCUT2D eigenvalue weighted by Crippen LogP contribution is 2.29. The normalized spacial score (nSPS) is 13.8. The lowest BCUT2D eigenvalue weighted by Crippen LogP contribution is -2.08. The van der Waals surface area contributed by atoms with E-state index >= 15 is 0 Å². The van der Waals surface area contributed by atoms with Crippen molar-refractivity contribution in [2.75, 3.05) is 6.26 Å². The summed E-state index contributed by atoms with van der Waals surface area (Å²) >= 11 is 0. The van der Waals surface area contributed by atoms with Crippen LogP contribution in [0.2, 0.25) is 0 Å². The van der Waals surface area contributed by atoms with E-state index in [2.05, 4.69) is 29.0 Å². The average Bonchev–Trinajstić information content (AvgIpc) is 3.12. The fraction of sp³-hybridized carbons (Fsp3) is 0.133. The van der Waals surface area contributed by atoms with Gasteiger partial charge in [-0.05, 0) is 12.1 Å². The van der Waals surface area contributed by atoms with Crippen LogP contribution in [-0.2, 0) is 15.9 Å². The number of benzene rings is 1. The van der Waals surface area contributed by atoms with Crippen LogP contribution in [0.4, 0.5) is 17.6 Å². The molecule has 0 saturated carbocycles. The number of halogens is 4. The van der Waals surface area contributed by atoms with Crippen molar-refractivity contribution in [2.45, 2.75) is 11.1 Å². The minimum atomic E-state index is -4.81. The maximum absolute atomic E-state index is 13.8. The van der Waals surface area contributed by atoms with Crippen LogP contribution in [0.1, 0.15) is 16.5 Å². The number of nitrogens with zero attached hydrogens (tertiary/aromatic N) is 5. The van der Waals surface area contributed by atoms with Crippen LogP contribution in [0.5, 0.6) is 0 Å². The van der Waals surface area contributed by atoms with Gasteiger partial charge < -0.3 is 4.52 Å². The summed E-state index contributed by atoms with van der Waals surface area (Å²) in [6.45, 7) is 0. The third kappa shape index (κ3) is 4.03. The molecule has 13 heteroatoms. The Morgan fingerprint density at radius 2 is 1.82 bits per heavy atom. The highest BCUT2D eigenvalue weighted by Gasteiger charge is 2.38. The molecule has 0 saturated heterocycles. The molecular weight excluding hydrogens is 406 g/mol. The van der Waals surface area contributed by atoms with Gasteiger partial charge in [-0.2, -0.15) is 22.5 Å². The minimum absolute atomic E-state index is 0.0536. The molecule has 0 N–H and O–H groups in total. The van der Waals surface area contributed by atoms with Crippen molar-refractivity contribution in [1.82, 2.24) is 20.1 Å². The minimum Gasteiger partial charge on any atom is -0.329 e. The Balaban J connectivity index is 1.87. The molecule has 3 rings (SSSR count). The molecule has 0 aliphatic carbocycles. The first-order chi connectivity index (χ1) is 13.1. The number of carbonyl (C=O) groups excluding carboxylic acids is 1. The largest absolute Gasteiger partial charge is 0.471 e. The van der Waals surface area contributed by atoms with E-state index in [0.29, 0.717) is 0 Å². The number of rotatable bonds is 3. The van der Waals surface area contributed by atoms with Gasteiger partial charge in [-0.15, -0.1) is 0 Å². The van der Waals surface area contributed by atoms with Crippen LogP contribution in [0, 0.1) is 5.82 Å². The SMILES string of the molecule is CS(=O)(=NC(=O)c1ncc(-c2noc(C(F)(F)F)n2)cn1)c1ccccc1F. The second-order valence-electron chi connectivity index (χ2n) is 5.35. The van der Waals surface area contributed by atoms with Gasteiger partial charge in [0.15, 0.2) is 0 Å². The van der Waals surface area contributed by atoms with E-state index in [1.165, 1.54) is 18.2 Å². The van der Waals surface area contributed by atoms with E-state index < -0.39 is 45.2 Å². The van der Waals surface area contributed by atoms with Crippen molar-refractivity contribution >= 4 is 15.6 Å². The molecule has 0 spiro atoms. The third-order valence-electron chi connectivity index (χ3n) is 3.27. The lowest BCUT2D eigenvalue weighted by atomic mass is 10.3. The smallest absolute Gasteiger partial charge is 0.329 e. The first-order valence-electron chi connectivity index (χ1n) is 7.32. The van der Waals surface area contributed by atoms with Gasteiger partial charge in [-0.3, -0.25) is 4.79 Å². The van der Waals surface area contributed by atoms with Gasteiger partial charge >= 0.3 is 18.0 Å². The van der Waals surface area contributed by atoms with Crippen molar-refractivity contribution in [3.05, 3.63) is 54.2 Å². The zero-order valence-electron chi connectivity index (χ0n) is 13.8. The predicted octanol–water partition coefficient (Wildman–Crippen LogP) is 2.98. The molecule has 2 aromatic heterocycles. The Morgan fingerprint density at radius 3 is 2.39 bits per heavy atom. The molecule has 1 atom stereocenters. The number of carbonyl (C=O) groups is 1. The van der Waals surface area contributed by atoms with Gasteiger partial charge in [0.1, 0.15) is 5.82 Å². The fourth-order valence-electron chi connectivity index (χ4n) is 2.01. The quantitative estimate of drug-likeness (QED) is 0.605. The molecule has 28 heavy (non-hydrogen) atoms. The summed E-state index contributed by atoms with van der Waals surface area (Å²) in [5.41, 5.74) is -0.0536. The van der Waals surface area contributed by atoms with E-state index in [1.807, 2.05) is 0 Å². The molecule has 1 aromatic carbocycles. The van der Waals surface area contributed by atoms with Crippen LogP contribution in [0.25, 0.3) is 11.4 Å². The van der Waals surface area contributed by atoms with Crippen LogP contribution in [0.15, 0.2) is 50.4 Å². The van der Waals surface area contributed by atoms with E-state index in [-0.39, 0.29) is 10.5 Å². The van der Waals surface area contributed by atoms with Crippen molar-refractivity contribution < 1.29 is 31.1 Å². The Kier molecular flexibility index (Phi) is 4.93. The number of aromatic nitrogens is 4. The Bertz CT molecular complexity index is 1150. The first-order valence-corrected chi connectivity index (χ1v) is 9.24. The van der Waals surface area contributed by atoms with Gasteiger partial charge in [0.05, 0.1) is 20.2 Å². The van der Waals surface area contributed by atoms with Crippen LogP contribution >= 0.6 is 0 Å². The molecule has 2 heterocycles. The summed E-state index contributed by atoms with van der Waals surface area (Å²) in [5, 5.41) is 3.15. The molecule has 1 amide bonds. The van der Waals surface area contributed by atoms with Gasteiger partial charge in [-0.25, -0.2) is 18.6 Å². The topological polar surface area (TPSA) is 111 Å². The van der Waals surface area contributed by atoms with Crippen LogP contribution < -0.4 is 0 Å². The van der Waals surface area contributed by atoms with Crippen molar-refractivity contribution in [3.8, 4) is 11.4 Å². The summed E-state index contributed by atoms with van der Waals surface area (Å²) in [7, 11) is -3.41. The zero-order valence-corrected chi connectivity index (χ0v) is 14.7. The lowest BCUT2D eigenvalue weighted by molar-refractivity contribution is -0.159. The predicted molar refractivity (Wildman–Crippen MR) is 85.8 cm³/mol. The van der Waals surface area contributed by atoms with Crippen LogP contribution in [0.3, 0.4) is 0 Å². The van der Waals surface area contributed by atoms with Crippen molar-refractivity contribution in [2.24, 2.45) is 4.36 Å². The molecule has 0 aliphatic rings. The van der Waals surface area contributed by atoms with E-state index in [0.717, 1.165) is 24.7 Å². The summed E-state index contributed by atoms with van der Waals surface area (Å²) in [6.07, 6.45) is -1.78. The molecule has 1 unspecified atom stereocenters. The van der Waals surface area contributed by atoms with Gasteiger partial charge in [0.25, 0.3) is 0 Å². The molecule has 0 aliphatic heterocycles. The highest BCUT2D eigenvalue weighted by molar-refractivity contribution is 7.93. The molecule has 0 fully saturated rings. The Hall–Kier alpha value is -3.22. The maximum atomic E-state index is 13.8. The second-order valence-corrected chi connectivity index (χ2v) is 7.57. The second kappa shape index (κ2) is 7.07. The number of amides is 1. The number of hydrogen-bond acceptors (Lipinski definition) is 7. The molecule has 8 nitrogen and oxygen atoms in total. The van der Waals surface area contributed by atoms with Gasteiger partial charge in [-0.1, -0.05) is 17.3 Å². The number of hydrogen-bond donors (Lipinski definition) is 0. The zero-order chi connectivity index (χ0) is 20.5. The number of alkyl halides is 3. The standard InChI is InChI=1S/C15H9F4N5O3S/c1-28(26,10-5-3-2-4-9(10)16)24-13(25)12-20-6-8(7-21-12)11-22-14(27-23-11)15(17,18)19/h2-7H,1H3. The summed E-state index contributed by atoms with van der Waals surface area (Å²) in [5.74, 6) is -4.36. The Morgan fingerprint density at radius 1 is 1.18 bits per heavy atom. The van der Waals surface area contributed by atoms with E-state index in [9.17, 15) is 26.6 Å². The van der Waals surface area contributed by atoms with Crippen molar-refractivity contribution in [1.29, 1.82) is 0 Å². The van der Waals surface area contributed by atoms with E-state index in [4.69, 9.17) is 0 Å². The van der Waals surface area contributed by atoms with Gasteiger partial charge in [0, 0.05) is 18.6 Å². The molecule has 0 bridgehead atoms. The third-order valence-corrected chi connectivity index (χ3v) is 4.93. The summed E-state index contributed by atoms with van der Waals surface area (Å²) in [6, 6.07) is 5.13. The molecular formula is C15H9F4N5O3S. The Labute approximate surface area is 154 Å². The van der Waals surface area contributed by atoms with Crippen LogP contribution in [-0.4, -0.2) is 36.5 Å². The average molecular weight is 415 g/mol. The molecule has 3 aromatic rings. The maximum Gasteiger partial charge on any atom is 0.471 e. The monoisotopic (exact) mass is 415 g/mol. The van der Waals surface area contributed by atoms with E-state index in [1.54, 1.807) is 0 Å². The summed E-state index contributed by atoms with van der Waals surface area (Å²) in [4.78, 5) is 22.3. The molecule has 0 radical (unpaired) electrons.